The SMILES string of the molecule is CC(C)Oc1ccc(NCCC(=O)Nc2ccccc2C#N)cc1. The van der Waals surface area contributed by atoms with Gasteiger partial charge in [-0.2, -0.15) is 5.26 Å². The number of ether oxygens (including phenoxy) is 1. The fourth-order valence-corrected chi connectivity index (χ4v) is 2.15. The first kappa shape index (κ1) is 17.4. The number of nitriles is 1. The molecule has 1 amide bonds. The molecule has 24 heavy (non-hydrogen) atoms. The first-order chi connectivity index (χ1) is 11.6. The molecule has 0 unspecified atom stereocenters. The molecule has 0 radical (unpaired) electrons. The van der Waals surface area contributed by atoms with E-state index in [-0.39, 0.29) is 12.0 Å². The number of nitrogens with zero attached hydrogens (tertiary/aromatic N) is 1. The van der Waals surface area contributed by atoms with Crippen molar-refractivity contribution in [1.29, 1.82) is 5.26 Å². The lowest BCUT2D eigenvalue weighted by atomic mass is 10.2. The molecule has 0 saturated carbocycles. The van der Waals surface area contributed by atoms with Gasteiger partial charge in [-0.25, -0.2) is 0 Å². The lowest BCUT2D eigenvalue weighted by Crippen LogP contribution is -2.16. The molecule has 2 aromatic rings. The van der Waals surface area contributed by atoms with Crippen molar-refractivity contribution >= 4 is 17.3 Å². The molecule has 5 heteroatoms. The van der Waals surface area contributed by atoms with Gasteiger partial charge in [0.05, 0.1) is 17.4 Å². The Morgan fingerprint density at radius 1 is 1.17 bits per heavy atom. The van der Waals surface area contributed by atoms with E-state index in [4.69, 9.17) is 10.00 Å². The van der Waals surface area contributed by atoms with E-state index in [1.807, 2.05) is 38.1 Å². The maximum Gasteiger partial charge on any atom is 0.226 e. The Labute approximate surface area is 142 Å². The summed E-state index contributed by atoms with van der Waals surface area (Å²) >= 11 is 0. The minimum Gasteiger partial charge on any atom is -0.491 e. The van der Waals surface area contributed by atoms with E-state index in [0.29, 0.717) is 24.2 Å². The van der Waals surface area contributed by atoms with E-state index >= 15 is 0 Å². The van der Waals surface area contributed by atoms with Crippen LogP contribution in [0.15, 0.2) is 48.5 Å². The van der Waals surface area contributed by atoms with Gasteiger partial charge in [0.25, 0.3) is 0 Å². The van der Waals surface area contributed by atoms with Crippen LogP contribution in [0.25, 0.3) is 0 Å². The average molecular weight is 323 g/mol. The van der Waals surface area contributed by atoms with E-state index in [0.717, 1.165) is 11.4 Å². The van der Waals surface area contributed by atoms with Crippen LogP contribution in [-0.2, 0) is 4.79 Å². The van der Waals surface area contributed by atoms with Gasteiger partial charge < -0.3 is 15.4 Å². The second kappa shape index (κ2) is 8.59. The fraction of sp³-hybridized carbons (Fsp3) is 0.263. The second-order valence-corrected chi connectivity index (χ2v) is 5.57. The van der Waals surface area contributed by atoms with Crippen LogP contribution in [0.5, 0.6) is 5.75 Å². The number of nitrogens with one attached hydrogen (secondary N) is 2. The highest BCUT2D eigenvalue weighted by atomic mass is 16.5. The van der Waals surface area contributed by atoms with Crippen molar-refractivity contribution < 1.29 is 9.53 Å². The summed E-state index contributed by atoms with van der Waals surface area (Å²) in [4.78, 5) is 12.0. The molecule has 0 saturated heterocycles. The van der Waals surface area contributed by atoms with Crippen LogP contribution >= 0.6 is 0 Å². The van der Waals surface area contributed by atoms with Crippen LogP contribution in [0.3, 0.4) is 0 Å². The average Bonchev–Trinajstić information content (AvgIpc) is 2.56. The molecule has 124 valence electrons. The number of hydrogen-bond acceptors (Lipinski definition) is 4. The maximum absolute atomic E-state index is 12.0. The second-order valence-electron chi connectivity index (χ2n) is 5.57. The summed E-state index contributed by atoms with van der Waals surface area (Å²) in [6.07, 6.45) is 0.452. The van der Waals surface area contributed by atoms with Crippen molar-refractivity contribution in [1.82, 2.24) is 0 Å². The summed E-state index contributed by atoms with van der Waals surface area (Å²) in [5, 5.41) is 15.0. The zero-order chi connectivity index (χ0) is 17.4. The first-order valence-electron chi connectivity index (χ1n) is 7.88. The number of amides is 1. The predicted octanol–water partition coefficient (Wildman–Crippen LogP) is 3.79. The standard InChI is InChI=1S/C19H21N3O2/c1-14(2)24-17-9-7-16(8-10-17)21-12-11-19(23)22-18-6-4-3-5-15(18)13-20/h3-10,14,21H,11-12H2,1-2H3,(H,22,23). The predicted molar refractivity (Wildman–Crippen MR) is 95.1 cm³/mol. The number of para-hydroxylation sites is 1. The number of hydrogen-bond donors (Lipinski definition) is 2. The third-order valence-corrected chi connectivity index (χ3v) is 3.23. The van der Waals surface area contributed by atoms with Crippen molar-refractivity contribution in [3.05, 3.63) is 54.1 Å². The van der Waals surface area contributed by atoms with Gasteiger partial charge in [-0.05, 0) is 50.2 Å². The molecule has 0 aliphatic carbocycles. The number of rotatable bonds is 7. The van der Waals surface area contributed by atoms with E-state index in [1.165, 1.54) is 0 Å². The molecule has 0 aliphatic heterocycles. The van der Waals surface area contributed by atoms with Gasteiger partial charge in [0.1, 0.15) is 11.8 Å². The van der Waals surface area contributed by atoms with Crippen LogP contribution in [0.2, 0.25) is 0 Å². The molecule has 0 heterocycles. The van der Waals surface area contributed by atoms with E-state index in [2.05, 4.69) is 16.7 Å². The Morgan fingerprint density at radius 3 is 2.54 bits per heavy atom. The quantitative estimate of drug-likeness (QED) is 0.813. The van der Waals surface area contributed by atoms with Crippen LogP contribution in [0.4, 0.5) is 11.4 Å². The van der Waals surface area contributed by atoms with Crippen LogP contribution in [0, 0.1) is 11.3 Å². The monoisotopic (exact) mass is 323 g/mol. The molecule has 2 aromatic carbocycles. The summed E-state index contributed by atoms with van der Waals surface area (Å²) in [5.41, 5.74) is 1.93. The van der Waals surface area contributed by atoms with Crippen LogP contribution in [-0.4, -0.2) is 18.6 Å². The van der Waals surface area contributed by atoms with E-state index in [1.54, 1.807) is 24.3 Å². The molecule has 0 atom stereocenters. The van der Waals surface area contributed by atoms with Gasteiger partial charge in [-0.15, -0.1) is 0 Å². The molecular weight excluding hydrogens is 302 g/mol. The maximum atomic E-state index is 12.0. The molecule has 0 fully saturated rings. The normalized spacial score (nSPS) is 10.1. The largest absolute Gasteiger partial charge is 0.491 e. The van der Waals surface area contributed by atoms with E-state index < -0.39 is 0 Å². The van der Waals surface area contributed by atoms with Gasteiger partial charge in [0.2, 0.25) is 5.91 Å². The summed E-state index contributed by atoms with van der Waals surface area (Å²) in [7, 11) is 0. The van der Waals surface area contributed by atoms with Crippen molar-refractivity contribution in [3.8, 4) is 11.8 Å². The smallest absolute Gasteiger partial charge is 0.226 e. The molecule has 0 spiro atoms. The molecule has 0 aromatic heterocycles. The number of carbonyl (C=O) groups is 1. The summed E-state index contributed by atoms with van der Waals surface area (Å²) in [6, 6.07) is 16.6. The summed E-state index contributed by atoms with van der Waals surface area (Å²) < 4.78 is 5.58. The van der Waals surface area contributed by atoms with Gasteiger partial charge in [0.15, 0.2) is 0 Å². The highest BCUT2D eigenvalue weighted by molar-refractivity contribution is 5.92. The van der Waals surface area contributed by atoms with Crippen LogP contribution in [0.1, 0.15) is 25.8 Å². The molecule has 5 nitrogen and oxygen atoms in total. The Bertz CT molecular complexity index is 718. The lowest BCUT2D eigenvalue weighted by molar-refractivity contribution is -0.115. The lowest BCUT2D eigenvalue weighted by Gasteiger charge is -2.11. The summed E-state index contributed by atoms with van der Waals surface area (Å²) in [5.74, 6) is 0.686. The minimum atomic E-state index is -0.134. The van der Waals surface area contributed by atoms with Gasteiger partial charge in [-0.1, -0.05) is 12.1 Å². The highest BCUT2D eigenvalue weighted by Crippen LogP contribution is 2.17. The summed E-state index contributed by atoms with van der Waals surface area (Å²) in [6.45, 7) is 4.47. The van der Waals surface area contributed by atoms with E-state index in [9.17, 15) is 4.79 Å². The minimum absolute atomic E-state index is 0.134. The molecule has 2 N–H and O–H groups in total. The zero-order valence-corrected chi connectivity index (χ0v) is 13.9. The van der Waals surface area contributed by atoms with Gasteiger partial charge in [0, 0.05) is 18.7 Å². The molecule has 0 bridgehead atoms. The third-order valence-electron chi connectivity index (χ3n) is 3.23. The zero-order valence-electron chi connectivity index (χ0n) is 13.9. The highest BCUT2D eigenvalue weighted by Gasteiger charge is 2.06. The van der Waals surface area contributed by atoms with Crippen molar-refractivity contribution in [2.45, 2.75) is 26.4 Å². The molecule has 2 rings (SSSR count). The Hall–Kier alpha value is -3.00. The van der Waals surface area contributed by atoms with Gasteiger partial charge in [-0.3, -0.25) is 4.79 Å². The third kappa shape index (κ3) is 5.33. The topological polar surface area (TPSA) is 74.2 Å². The molecular formula is C19H21N3O2. The van der Waals surface area contributed by atoms with Gasteiger partial charge >= 0.3 is 0 Å². The Balaban J connectivity index is 1.79. The number of carbonyl (C=O) groups excluding carboxylic acids is 1. The van der Waals surface area contributed by atoms with Crippen molar-refractivity contribution in [2.24, 2.45) is 0 Å². The molecule has 0 aliphatic rings. The Kier molecular flexibility index (Phi) is 6.21. The fourth-order valence-electron chi connectivity index (χ4n) is 2.15. The number of benzene rings is 2. The van der Waals surface area contributed by atoms with Crippen molar-refractivity contribution in [3.63, 3.8) is 0 Å². The first-order valence-corrected chi connectivity index (χ1v) is 7.88. The number of anilines is 2. The van der Waals surface area contributed by atoms with Crippen LogP contribution < -0.4 is 15.4 Å². The van der Waals surface area contributed by atoms with Crippen molar-refractivity contribution in [2.75, 3.05) is 17.2 Å². The Morgan fingerprint density at radius 2 is 1.88 bits per heavy atom.